The SMILES string of the molecule is COC(=O)C(C)CC1=CCc2ccccc21. The average Bonchev–Trinajstić information content (AvgIpc) is 2.72. The van der Waals surface area contributed by atoms with E-state index < -0.39 is 0 Å². The van der Waals surface area contributed by atoms with Crippen molar-refractivity contribution in [2.24, 2.45) is 5.92 Å². The third-order valence-electron chi connectivity index (χ3n) is 3.06. The van der Waals surface area contributed by atoms with Crippen molar-refractivity contribution in [2.75, 3.05) is 7.11 Å². The van der Waals surface area contributed by atoms with Gasteiger partial charge in [0.25, 0.3) is 0 Å². The van der Waals surface area contributed by atoms with Gasteiger partial charge < -0.3 is 4.74 Å². The summed E-state index contributed by atoms with van der Waals surface area (Å²) < 4.78 is 4.74. The van der Waals surface area contributed by atoms with Crippen LogP contribution in [0.15, 0.2) is 30.3 Å². The van der Waals surface area contributed by atoms with E-state index in [0.717, 1.165) is 12.8 Å². The second kappa shape index (κ2) is 4.52. The van der Waals surface area contributed by atoms with Crippen LogP contribution in [0.3, 0.4) is 0 Å². The second-order valence-electron chi connectivity index (χ2n) is 4.22. The summed E-state index contributed by atoms with van der Waals surface area (Å²) in [6.45, 7) is 1.91. The van der Waals surface area contributed by atoms with Crippen molar-refractivity contribution < 1.29 is 9.53 Å². The van der Waals surface area contributed by atoms with Crippen molar-refractivity contribution in [1.29, 1.82) is 0 Å². The quantitative estimate of drug-likeness (QED) is 0.726. The van der Waals surface area contributed by atoms with Crippen LogP contribution in [0.4, 0.5) is 0 Å². The first kappa shape index (κ1) is 10.9. The number of hydrogen-bond donors (Lipinski definition) is 0. The van der Waals surface area contributed by atoms with Gasteiger partial charge in [-0.3, -0.25) is 4.79 Å². The maximum atomic E-state index is 11.4. The summed E-state index contributed by atoms with van der Waals surface area (Å²) in [7, 11) is 1.44. The molecule has 1 atom stereocenters. The standard InChI is InChI=1S/C14H16O2/c1-10(14(15)16-2)9-12-8-7-11-5-3-4-6-13(11)12/h3-6,8,10H,7,9H2,1-2H3. The van der Waals surface area contributed by atoms with Crippen LogP contribution in [0, 0.1) is 5.92 Å². The van der Waals surface area contributed by atoms with E-state index in [1.807, 2.05) is 13.0 Å². The fourth-order valence-corrected chi connectivity index (χ4v) is 2.16. The molecular weight excluding hydrogens is 200 g/mol. The van der Waals surface area contributed by atoms with Crippen LogP contribution in [0.5, 0.6) is 0 Å². The van der Waals surface area contributed by atoms with E-state index in [2.05, 4.69) is 24.3 Å². The summed E-state index contributed by atoms with van der Waals surface area (Å²) >= 11 is 0. The van der Waals surface area contributed by atoms with E-state index in [4.69, 9.17) is 4.74 Å². The lowest BCUT2D eigenvalue weighted by Crippen LogP contribution is -2.12. The fraction of sp³-hybridized carbons (Fsp3) is 0.357. The van der Waals surface area contributed by atoms with Crippen molar-refractivity contribution in [2.45, 2.75) is 19.8 Å². The highest BCUT2D eigenvalue weighted by Crippen LogP contribution is 2.31. The van der Waals surface area contributed by atoms with Gasteiger partial charge in [-0.2, -0.15) is 0 Å². The minimum atomic E-state index is -0.134. The Balaban J connectivity index is 2.11. The number of ether oxygens (including phenoxy) is 1. The van der Waals surface area contributed by atoms with Crippen molar-refractivity contribution in [3.63, 3.8) is 0 Å². The summed E-state index contributed by atoms with van der Waals surface area (Å²) in [6.07, 6.45) is 3.97. The molecule has 1 aliphatic carbocycles. The highest BCUT2D eigenvalue weighted by Gasteiger charge is 2.19. The molecule has 0 aliphatic heterocycles. The van der Waals surface area contributed by atoms with E-state index >= 15 is 0 Å². The number of rotatable bonds is 3. The predicted octanol–water partition coefficient (Wildman–Crippen LogP) is 2.83. The van der Waals surface area contributed by atoms with Gasteiger partial charge in [0, 0.05) is 0 Å². The van der Waals surface area contributed by atoms with Gasteiger partial charge in [-0.05, 0) is 29.5 Å². The first-order valence-electron chi connectivity index (χ1n) is 5.57. The van der Waals surface area contributed by atoms with E-state index in [1.54, 1.807) is 0 Å². The second-order valence-corrected chi connectivity index (χ2v) is 4.22. The van der Waals surface area contributed by atoms with Gasteiger partial charge in [0.1, 0.15) is 0 Å². The molecule has 1 aliphatic rings. The normalized spacial score (nSPS) is 15.2. The third kappa shape index (κ3) is 2.01. The van der Waals surface area contributed by atoms with Gasteiger partial charge >= 0.3 is 5.97 Å². The van der Waals surface area contributed by atoms with Crippen LogP contribution >= 0.6 is 0 Å². The van der Waals surface area contributed by atoms with Gasteiger partial charge in [-0.25, -0.2) is 0 Å². The molecule has 2 nitrogen and oxygen atoms in total. The maximum absolute atomic E-state index is 11.4. The van der Waals surface area contributed by atoms with Crippen molar-refractivity contribution in [3.8, 4) is 0 Å². The van der Waals surface area contributed by atoms with Crippen molar-refractivity contribution in [3.05, 3.63) is 41.5 Å². The van der Waals surface area contributed by atoms with Gasteiger partial charge in [0.2, 0.25) is 0 Å². The minimum Gasteiger partial charge on any atom is -0.469 e. The molecule has 0 fully saturated rings. The zero-order valence-electron chi connectivity index (χ0n) is 9.69. The van der Waals surface area contributed by atoms with E-state index in [-0.39, 0.29) is 11.9 Å². The van der Waals surface area contributed by atoms with Gasteiger partial charge in [-0.15, -0.1) is 0 Å². The fourth-order valence-electron chi connectivity index (χ4n) is 2.16. The monoisotopic (exact) mass is 216 g/mol. The summed E-state index contributed by atoms with van der Waals surface area (Å²) in [5, 5.41) is 0. The first-order valence-corrected chi connectivity index (χ1v) is 5.57. The highest BCUT2D eigenvalue weighted by atomic mass is 16.5. The Morgan fingerprint density at radius 3 is 2.94 bits per heavy atom. The van der Waals surface area contributed by atoms with Crippen LogP contribution in [0.1, 0.15) is 24.5 Å². The summed E-state index contributed by atoms with van der Waals surface area (Å²) in [5.74, 6) is -0.201. The Hall–Kier alpha value is -1.57. The molecule has 1 unspecified atom stereocenters. The maximum Gasteiger partial charge on any atom is 0.308 e. The number of carbonyl (C=O) groups is 1. The Bertz CT molecular complexity index is 432. The van der Waals surface area contributed by atoms with E-state index in [9.17, 15) is 4.79 Å². The molecule has 1 aromatic carbocycles. The topological polar surface area (TPSA) is 26.3 Å². The molecule has 0 amide bonds. The molecule has 0 spiro atoms. The van der Waals surface area contributed by atoms with Crippen molar-refractivity contribution >= 4 is 11.5 Å². The Morgan fingerprint density at radius 1 is 1.44 bits per heavy atom. The Kier molecular flexibility index (Phi) is 3.09. The molecule has 0 N–H and O–H groups in total. The van der Waals surface area contributed by atoms with Gasteiger partial charge in [-0.1, -0.05) is 37.3 Å². The van der Waals surface area contributed by atoms with Gasteiger partial charge in [0.15, 0.2) is 0 Å². The largest absolute Gasteiger partial charge is 0.469 e. The molecule has 2 rings (SSSR count). The molecule has 0 heterocycles. The minimum absolute atomic E-state index is 0.0672. The molecule has 84 valence electrons. The van der Waals surface area contributed by atoms with Crippen LogP contribution < -0.4 is 0 Å². The number of allylic oxidation sites excluding steroid dienone is 2. The number of benzene rings is 1. The molecule has 0 radical (unpaired) electrons. The molecular formula is C14H16O2. The summed E-state index contributed by atoms with van der Waals surface area (Å²) in [5.41, 5.74) is 3.92. The van der Waals surface area contributed by atoms with Crippen molar-refractivity contribution in [1.82, 2.24) is 0 Å². The Labute approximate surface area is 95.9 Å². The van der Waals surface area contributed by atoms with Crippen LogP contribution in [-0.4, -0.2) is 13.1 Å². The lowest BCUT2D eigenvalue weighted by molar-refractivity contribution is -0.144. The Morgan fingerprint density at radius 2 is 2.19 bits per heavy atom. The molecule has 16 heavy (non-hydrogen) atoms. The number of carbonyl (C=O) groups excluding carboxylic acids is 1. The molecule has 0 bridgehead atoms. The number of hydrogen-bond acceptors (Lipinski definition) is 2. The number of methoxy groups -OCH3 is 1. The summed E-state index contributed by atoms with van der Waals surface area (Å²) in [6, 6.07) is 8.36. The number of esters is 1. The third-order valence-corrected chi connectivity index (χ3v) is 3.06. The lowest BCUT2D eigenvalue weighted by Gasteiger charge is -2.11. The molecule has 0 aromatic heterocycles. The van der Waals surface area contributed by atoms with Crippen LogP contribution in [0.25, 0.3) is 5.57 Å². The highest BCUT2D eigenvalue weighted by molar-refractivity contribution is 5.79. The zero-order chi connectivity index (χ0) is 11.5. The average molecular weight is 216 g/mol. The zero-order valence-corrected chi connectivity index (χ0v) is 9.69. The van der Waals surface area contributed by atoms with E-state index in [0.29, 0.717) is 0 Å². The predicted molar refractivity (Wildman–Crippen MR) is 63.9 cm³/mol. The van der Waals surface area contributed by atoms with Gasteiger partial charge in [0.05, 0.1) is 13.0 Å². The molecule has 0 saturated heterocycles. The first-order chi connectivity index (χ1) is 7.72. The lowest BCUT2D eigenvalue weighted by atomic mass is 9.97. The molecule has 1 aromatic rings. The van der Waals surface area contributed by atoms with Crippen LogP contribution in [0.2, 0.25) is 0 Å². The molecule has 2 heteroatoms. The smallest absolute Gasteiger partial charge is 0.308 e. The van der Waals surface area contributed by atoms with E-state index in [1.165, 1.54) is 23.8 Å². The van der Waals surface area contributed by atoms with Crippen LogP contribution in [-0.2, 0) is 16.0 Å². The molecule has 0 saturated carbocycles. The number of fused-ring (bicyclic) bond motifs is 1. The summed E-state index contributed by atoms with van der Waals surface area (Å²) in [4.78, 5) is 11.4.